The summed E-state index contributed by atoms with van der Waals surface area (Å²) in [6.07, 6.45) is 2.68. The first kappa shape index (κ1) is 24.9. The van der Waals surface area contributed by atoms with Gasteiger partial charge in [0.05, 0.1) is 38.0 Å². The Bertz CT molecular complexity index is 980. The van der Waals surface area contributed by atoms with E-state index in [1.54, 1.807) is 7.11 Å². The summed E-state index contributed by atoms with van der Waals surface area (Å²) >= 11 is 1.49. The van der Waals surface area contributed by atoms with Crippen LogP contribution in [0.25, 0.3) is 0 Å². The highest BCUT2D eigenvalue weighted by Crippen LogP contribution is 2.46. The lowest BCUT2D eigenvalue weighted by molar-refractivity contribution is -0.136. The molecular formula is C25H33N3O4S. The van der Waals surface area contributed by atoms with Crippen LogP contribution >= 0.6 is 11.8 Å². The van der Waals surface area contributed by atoms with Gasteiger partial charge in [-0.15, -0.1) is 0 Å². The van der Waals surface area contributed by atoms with Gasteiger partial charge in [0.2, 0.25) is 5.91 Å². The molecule has 0 aliphatic carbocycles. The third kappa shape index (κ3) is 5.27. The molecule has 178 valence electrons. The summed E-state index contributed by atoms with van der Waals surface area (Å²) in [5, 5.41) is 2.75. The van der Waals surface area contributed by atoms with Gasteiger partial charge >= 0.3 is 5.97 Å². The van der Waals surface area contributed by atoms with Crippen LogP contribution in [-0.4, -0.2) is 54.2 Å². The van der Waals surface area contributed by atoms with Gasteiger partial charge in [0.15, 0.2) is 5.17 Å². The van der Waals surface area contributed by atoms with Crippen molar-refractivity contribution >= 4 is 28.8 Å². The molecule has 0 fully saturated rings. The summed E-state index contributed by atoms with van der Waals surface area (Å²) in [5.41, 5.74) is 2.92. The lowest BCUT2D eigenvalue weighted by Gasteiger charge is -2.37. The summed E-state index contributed by atoms with van der Waals surface area (Å²) in [5.74, 6) is 0.370. The summed E-state index contributed by atoms with van der Waals surface area (Å²) in [6.45, 7) is 7.61. The fourth-order valence-electron chi connectivity index (χ4n) is 4.21. The van der Waals surface area contributed by atoms with Crippen molar-refractivity contribution < 1.29 is 19.1 Å². The number of hydrogen-bond donors (Lipinski definition) is 0. The van der Waals surface area contributed by atoms with Crippen molar-refractivity contribution in [3.63, 3.8) is 0 Å². The molecule has 2 aliphatic heterocycles. The van der Waals surface area contributed by atoms with E-state index in [1.807, 2.05) is 46.4 Å². The number of allylic oxidation sites excluding steroid dienone is 1. The highest BCUT2D eigenvalue weighted by Gasteiger charge is 2.41. The van der Waals surface area contributed by atoms with Crippen molar-refractivity contribution in [2.75, 3.05) is 27.3 Å². The molecule has 0 aromatic heterocycles. The molecule has 0 bridgehead atoms. The number of benzene rings is 1. The molecule has 8 heteroatoms. The number of fused-ring (bicyclic) bond motifs is 1. The molecule has 0 saturated carbocycles. The van der Waals surface area contributed by atoms with E-state index < -0.39 is 12.0 Å². The van der Waals surface area contributed by atoms with Crippen molar-refractivity contribution in [3.8, 4) is 5.75 Å². The Kier molecular flexibility index (Phi) is 8.61. The van der Waals surface area contributed by atoms with E-state index in [-0.39, 0.29) is 12.3 Å². The average molecular weight is 472 g/mol. The molecule has 1 amide bonds. The number of methoxy groups -OCH3 is 2. The smallest absolute Gasteiger partial charge is 0.338 e. The van der Waals surface area contributed by atoms with Crippen LogP contribution in [0.1, 0.15) is 58.1 Å². The minimum atomic E-state index is -0.449. The second-order valence-corrected chi connectivity index (χ2v) is 8.77. The first-order valence-corrected chi connectivity index (χ1v) is 12.3. The zero-order valence-electron chi connectivity index (χ0n) is 20.1. The zero-order chi connectivity index (χ0) is 24.0. The number of esters is 1. The number of thioether (sulfide) groups is 1. The first-order valence-electron chi connectivity index (χ1n) is 11.5. The van der Waals surface area contributed by atoms with E-state index >= 15 is 0 Å². The van der Waals surface area contributed by atoms with E-state index in [4.69, 9.17) is 14.5 Å². The minimum absolute atomic E-state index is 0.0843. The number of ether oxygens (including phenoxy) is 2. The molecule has 33 heavy (non-hydrogen) atoms. The maximum atomic E-state index is 13.2. The standard InChI is InChI=1S/C25H33N3O4S/c1-6-12-27(13-7-2)21(29)15-18-16-33-25-26-20(8-3)22(24(30)32-5)23(28(18)25)17-10-9-11-19(14-17)31-4/h9-11,14,16,23H,6-8,12-13,15H2,1-5H3/t23-/m1/s1. The van der Waals surface area contributed by atoms with Crippen molar-refractivity contribution in [2.24, 2.45) is 4.99 Å². The van der Waals surface area contributed by atoms with E-state index in [2.05, 4.69) is 13.8 Å². The highest BCUT2D eigenvalue weighted by atomic mass is 32.2. The van der Waals surface area contributed by atoms with Gasteiger partial charge in [-0.2, -0.15) is 0 Å². The van der Waals surface area contributed by atoms with Crippen LogP contribution in [0.2, 0.25) is 0 Å². The Morgan fingerprint density at radius 1 is 1.15 bits per heavy atom. The fourth-order valence-corrected chi connectivity index (χ4v) is 5.14. The molecule has 2 heterocycles. The van der Waals surface area contributed by atoms with Crippen LogP contribution in [0.4, 0.5) is 0 Å². The number of amides is 1. The first-order chi connectivity index (χ1) is 16.0. The molecule has 0 spiro atoms. The van der Waals surface area contributed by atoms with Crippen molar-refractivity contribution in [1.29, 1.82) is 0 Å². The molecule has 7 nitrogen and oxygen atoms in total. The van der Waals surface area contributed by atoms with E-state index in [0.29, 0.717) is 23.4 Å². The minimum Gasteiger partial charge on any atom is -0.497 e. The molecule has 0 radical (unpaired) electrons. The van der Waals surface area contributed by atoms with Gasteiger partial charge in [-0.1, -0.05) is 44.7 Å². The Morgan fingerprint density at radius 3 is 2.48 bits per heavy atom. The SMILES string of the molecule is CCCN(CCC)C(=O)CC1=CSC2=NC(CC)=C(C(=O)OC)[C@@H](c3cccc(OC)c3)N12. The van der Waals surface area contributed by atoms with Gasteiger partial charge in [-0.05, 0) is 42.4 Å². The third-order valence-corrected chi connectivity index (χ3v) is 6.60. The number of carbonyl (C=O) groups excluding carboxylic acids is 2. The van der Waals surface area contributed by atoms with Crippen LogP contribution in [-0.2, 0) is 14.3 Å². The molecule has 2 aliphatic rings. The normalized spacial score (nSPS) is 17.4. The Balaban J connectivity index is 2.04. The van der Waals surface area contributed by atoms with Crippen LogP contribution in [0, 0.1) is 0 Å². The maximum Gasteiger partial charge on any atom is 0.338 e. The summed E-state index contributed by atoms with van der Waals surface area (Å²) in [7, 11) is 3.00. The van der Waals surface area contributed by atoms with Crippen molar-refractivity contribution in [2.45, 2.75) is 52.5 Å². The Labute approximate surface area is 200 Å². The number of amidine groups is 1. The van der Waals surface area contributed by atoms with Gasteiger partial charge in [0.25, 0.3) is 0 Å². The van der Waals surface area contributed by atoms with E-state index in [9.17, 15) is 9.59 Å². The quantitative estimate of drug-likeness (QED) is 0.453. The van der Waals surface area contributed by atoms with Gasteiger partial charge in [0, 0.05) is 18.8 Å². The van der Waals surface area contributed by atoms with Crippen LogP contribution in [0.15, 0.2) is 51.6 Å². The molecule has 1 aromatic rings. The number of carbonyl (C=O) groups is 2. The number of hydrogen-bond acceptors (Lipinski definition) is 7. The molecular weight excluding hydrogens is 438 g/mol. The maximum absolute atomic E-state index is 13.2. The molecule has 0 unspecified atom stereocenters. The zero-order valence-corrected chi connectivity index (χ0v) is 20.9. The molecule has 1 atom stereocenters. The van der Waals surface area contributed by atoms with E-state index in [0.717, 1.165) is 42.4 Å². The summed E-state index contributed by atoms with van der Waals surface area (Å²) in [4.78, 5) is 34.8. The average Bonchev–Trinajstić information content (AvgIpc) is 3.24. The highest BCUT2D eigenvalue weighted by molar-refractivity contribution is 8.16. The Morgan fingerprint density at radius 2 is 1.88 bits per heavy atom. The molecule has 0 N–H and O–H groups in total. The molecule has 0 saturated heterocycles. The van der Waals surface area contributed by atoms with Gasteiger partial charge in [-0.25, -0.2) is 9.79 Å². The lowest BCUT2D eigenvalue weighted by atomic mass is 9.92. The summed E-state index contributed by atoms with van der Waals surface area (Å²) in [6, 6.07) is 7.22. The Hall–Kier alpha value is -2.74. The predicted molar refractivity (Wildman–Crippen MR) is 132 cm³/mol. The van der Waals surface area contributed by atoms with Crippen molar-refractivity contribution in [3.05, 3.63) is 52.2 Å². The number of aliphatic imine (C=N–C) groups is 1. The van der Waals surface area contributed by atoms with Crippen LogP contribution < -0.4 is 4.74 Å². The largest absolute Gasteiger partial charge is 0.497 e. The van der Waals surface area contributed by atoms with E-state index in [1.165, 1.54) is 18.9 Å². The second kappa shape index (κ2) is 11.4. The van der Waals surface area contributed by atoms with Crippen molar-refractivity contribution in [1.82, 2.24) is 9.80 Å². The fraction of sp³-hybridized carbons (Fsp3) is 0.480. The van der Waals surface area contributed by atoms with Gasteiger partial charge in [-0.3, -0.25) is 4.79 Å². The monoisotopic (exact) mass is 471 g/mol. The lowest BCUT2D eigenvalue weighted by Crippen LogP contribution is -2.39. The predicted octanol–water partition coefficient (Wildman–Crippen LogP) is 4.87. The molecule has 1 aromatic carbocycles. The topological polar surface area (TPSA) is 71.4 Å². The van der Waals surface area contributed by atoms with Crippen LogP contribution in [0.5, 0.6) is 5.75 Å². The second-order valence-electron chi connectivity index (χ2n) is 7.93. The number of nitrogens with zero attached hydrogens (tertiary/aromatic N) is 3. The van der Waals surface area contributed by atoms with Crippen LogP contribution in [0.3, 0.4) is 0 Å². The summed E-state index contributed by atoms with van der Waals surface area (Å²) < 4.78 is 10.6. The van der Waals surface area contributed by atoms with Gasteiger partial charge in [0.1, 0.15) is 5.75 Å². The van der Waals surface area contributed by atoms with Gasteiger partial charge < -0.3 is 19.3 Å². The molecule has 3 rings (SSSR count). The number of rotatable bonds is 10. The third-order valence-electron chi connectivity index (χ3n) is 5.71.